The minimum absolute atomic E-state index is 0.143. The zero-order valence-electron chi connectivity index (χ0n) is 19.3. The molecule has 9 nitrogen and oxygen atoms in total. The zero-order valence-corrected chi connectivity index (χ0v) is 19.3. The molecule has 0 fully saturated rings. The van der Waals surface area contributed by atoms with Gasteiger partial charge in [0.05, 0.1) is 29.9 Å². The number of nitrogens with zero attached hydrogens (tertiary/aromatic N) is 4. The Balaban J connectivity index is 1.44. The van der Waals surface area contributed by atoms with Crippen LogP contribution in [-0.4, -0.2) is 36.0 Å². The number of nitrogens with one attached hydrogen (secondary N) is 3. The minimum atomic E-state index is -0.444. The van der Waals surface area contributed by atoms with E-state index in [1.165, 1.54) is 12.3 Å². The summed E-state index contributed by atoms with van der Waals surface area (Å²) >= 11 is 0. The van der Waals surface area contributed by atoms with E-state index in [1.807, 2.05) is 12.1 Å². The molecule has 3 N–H and O–H groups in total. The number of carbonyl (C=O) groups excluding carboxylic acids is 1. The first-order chi connectivity index (χ1) is 17.5. The highest BCUT2D eigenvalue weighted by molar-refractivity contribution is 5.98. The van der Waals surface area contributed by atoms with E-state index in [0.717, 1.165) is 11.1 Å². The summed E-state index contributed by atoms with van der Waals surface area (Å²) in [6.07, 6.45) is 8.03. The smallest absolute Gasteiger partial charge is 0.226 e. The fraction of sp³-hybridized carbons (Fsp3) is 0.115. The third kappa shape index (κ3) is 3.68. The van der Waals surface area contributed by atoms with E-state index in [-0.39, 0.29) is 11.8 Å². The number of hydrogen-bond donors (Lipinski definition) is 3. The van der Waals surface area contributed by atoms with Crippen LogP contribution in [0.15, 0.2) is 65.9 Å². The van der Waals surface area contributed by atoms with E-state index in [0.29, 0.717) is 50.4 Å². The van der Waals surface area contributed by atoms with E-state index >= 15 is 4.39 Å². The number of benzene rings is 1. The molecule has 0 aliphatic carbocycles. The molecule has 5 heterocycles. The summed E-state index contributed by atoms with van der Waals surface area (Å²) in [4.78, 5) is 28.7. The Labute approximate surface area is 203 Å². The van der Waals surface area contributed by atoms with E-state index in [2.05, 4.69) is 30.5 Å². The van der Waals surface area contributed by atoms with Gasteiger partial charge in [-0.1, -0.05) is 13.8 Å². The number of furan rings is 1. The first-order valence-electron chi connectivity index (χ1n) is 11.3. The fourth-order valence-electron chi connectivity index (χ4n) is 4.06. The van der Waals surface area contributed by atoms with Gasteiger partial charge in [-0.15, -0.1) is 0 Å². The minimum Gasteiger partial charge on any atom is -0.472 e. The van der Waals surface area contributed by atoms with E-state index in [4.69, 9.17) is 9.40 Å². The Morgan fingerprint density at radius 2 is 2.00 bits per heavy atom. The van der Waals surface area contributed by atoms with E-state index < -0.39 is 5.82 Å². The Bertz CT molecular complexity index is 1730. The van der Waals surface area contributed by atoms with Crippen molar-refractivity contribution in [2.45, 2.75) is 13.8 Å². The Hall–Kier alpha value is -4.86. The molecule has 6 rings (SSSR count). The van der Waals surface area contributed by atoms with Gasteiger partial charge in [-0.2, -0.15) is 5.10 Å². The van der Waals surface area contributed by atoms with Gasteiger partial charge in [0.25, 0.3) is 0 Å². The number of pyridine rings is 2. The molecule has 0 radical (unpaired) electrons. The quantitative estimate of drug-likeness (QED) is 0.296. The summed E-state index contributed by atoms with van der Waals surface area (Å²) in [5.74, 6) is -0.286. The van der Waals surface area contributed by atoms with Crippen LogP contribution in [0.5, 0.6) is 0 Å². The first-order valence-corrected chi connectivity index (χ1v) is 11.3. The lowest BCUT2D eigenvalue weighted by molar-refractivity contribution is -0.118. The summed E-state index contributed by atoms with van der Waals surface area (Å²) in [5, 5.41) is 10.8. The predicted molar refractivity (Wildman–Crippen MR) is 133 cm³/mol. The van der Waals surface area contributed by atoms with Crippen LogP contribution in [0, 0.1) is 11.7 Å². The second kappa shape index (κ2) is 8.42. The second-order valence-electron chi connectivity index (χ2n) is 8.71. The highest BCUT2D eigenvalue weighted by Gasteiger charge is 2.19. The van der Waals surface area contributed by atoms with Crippen LogP contribution in [-0.2, 0) is 4.79 Å². The first kappa shape index (κ1) is 21.7. The van der Waals surface area contributed by atoms with Crippen LogP contribution in [0.4, 0.5) is 10.1 Å². The molecular weight excluding hydrogens is 461 g/mol. The zero-order chi connectivity index (χ0) is 24.8. The summed E-state index contributed by atoms with van der Waals surface area (Å²) < 4.78 is 20.3. The van der Waals surface area contributed by atoms with Crippen LogP contribution in [0.25, 0.3) is 55.8 Å². The van der Waals surface area contributed by atoms with Crippen LogP contribution >= 0.6 is 0 Å². The molecule has 178 valence electrons. The maximum atomic E-state index is 15.1. The highest BCUT2D eigenvalue weighted by atomic mass is 19.1. The Morgan fingerprint density at radius 3 is 2.81 bits per heavy atom. The number of imidazole rings is 1. The molecule has 5 aromatic heterocycles. The SMILES string of the molecule is CC(C)C(=O)Nc1cncc(-c2cc3c(-c4nc5c(-c6ccoc6)ccnc5[nH]4)n[nH]c3cc2F)c1. The van der Waals surface area contributed by atoms with Crippen LogP contribution in [0.2, 0.25) is 0 Å². The number of anilines is 1. The van der Waals surface area contributed by atoms with Gasteiger partial charge in [0.1, 0.15) is 17.0 Å². The number of aromatic nitrogens is 6. The van der Waals surface area contributed by atoms with Crippen molar-refractivity contribution in [1.82, 2.24) is 30.1 Å². The maximum Gasteiger partial charge on any atom is 0.226 e. The van der Waals surface area contributed by atoms with Gasteiger partial charge in [0.15, 0.2) is 11.5 Å². The van der Waals surface area contributed by atoms with Gasteiger partial charge in [-0.3, -0.25) is 14.9 Å². The molecule has 0 aliphatic rings. The number of aromatic amines is 2. The fourth-order valence-corrected chi connectivity index (χ4v) is 4.06. The summed E-state index contributed by atoms with van der Waals surface area (Å²) in [6, 6.07) is 8.50. The average molecular weight is 481 g/mol. The number of amides is 1. The Morgan fingerprint density at radius 1 is 1.11 bits per heavy atom. The molecule has 0 atom stereocenters. The number of H-pyrrole nitrogens is 2. The molecule has 0 spiro atoms. The van der Waals surface area contributed by atoms with Crippen LogP contribution in [0.3, 0.4) is 0 Å². The lowest BCUT2D eigenvalue weighted by atomic mass is 10.0. The number of hydrogen-bond acceptors (Lipinski definition) is 6. The summed E-state index contributed by atoms with van der Waals surface area (Å²) in [7, 11) is 0. The molecule has 0 unspecified atom stereocenters. The monoisotopic (exact) mass is 481 g/mol. The van der Waals surface area contributed by atoms with Gasteiger partial charge >= 0.3 is 0 Å². The lowest BCUT2D eigenvalue weighted by Gasteiger charge is -2.09. The number of rotatable bonds is 5. The van der Waals surface area contributed by atoms with Crippen molar-refractivity contribution in [2.75, 3.05) is 5.32 Å². The molecule has 36 heavy (non-hydrogen) atoms. The van der Waals surface area contributed by atoms with Crippen molar-refractivity contribution in [2.24, 2.45) is 5.92 Å². The van der Waals surface area contributed by atoms with Crippen molar-refractivity contribution in [3.8, 4) is 33.8 Å². The van der Waals surface area contributed by atoms with Gasteiger partial charge < -0.3 is 14.7 Å². The largest absolute Gasteiger partial charge is 0.472 e. The molecular formula is C26H20FN7O2. The maximum absolute atomic E-state index is 15.1. The van der Waals surface area contributed by atoms with E-state index in [1.54, 1.807) is 50.9 Å². The topological polar surface area (TPSA) is 125 Å². The summed E-state index contributed by atoms with van der Waals surface area (Å²) in [6.45, 7) is 3.60. The number of fused-ring (bicyclic) bond motifs is 2. The van der Waals surface area contributed by atoms with Gasteiger partial charge in [0, 0.05) is 52.0 Å². The van der Waals surface area contributed by atoms with Crippen molar-refractivity contribution in [3.05, 3.63) is 67.3 Å². The molecule has 0 aliphatic heterocycles. The van der Waals surface area contributed by atoms with Gasteiger partial charge in [0.2, 0.25) is 5.91 Å². The molecule has 10 heteroatoms. The van der Waals surface area contributed by atoms with Crippen molar-refractivity contribution < 1.29 is 13.6 Å². The van der Waals surface area contributed by atoms with Crippen molar-refractivity contribution in [3.63, 3.8) is 0 Å². The molecule has 6 aromatic rings. The van der Waals surface area contributed by atoms with Crippen molar-refractivity contribution >= 4 is 33.7 Å². The standard InChI is InChI=1S/C26H20FN7O2/c1-13(2)26(35)30-16-7-15(10-28-11-16)18-8-19-21(9-20(18)27)33-34-23(19)25-31-22-17(14-4-6-36-12-14)3-5-29-24(22)32-25/h3-13H,1-2H3,(H,30,35)(H,33,34)(H,29,31,32). The molecule has 1 aromatic carbocycles. The molecule has 0 saturated heterocycles. The number of halogens is 1. The molecule has 1 amide bonds. The van der Waals surface area contributed by atoms with Crippen LogP contribution in [0.1, 0.15) is 13.8 Å². The number of carbonyl (C=O) groups is 1. The lowest BCUT2D eigenvalue weighted by Crippen LogP contribution is -2.17. The van der Waals surface area contributed by atoms with Gasteiger partial charge in [-0.25, -0.2) is 14.4 Å². The van der Waals surface area contributed by atoms with Crippen LogP contribution < -0.4 is 5.32 Å². The summed E-state index contributed by atoms with van der Waals surface area (Å²) in [5.41, 5.74) is 5.41. The predicted octanol–water partition coefficient (Wildman–Crippen LogP) is 5.56. The van der Waals surface area contributed by atoms with Crippen molar-refractivity contribution in [1.29, 1.82) is 0 Å². The van der Waals surface area contributed by atoms with E-state index in [9.17, 15) is 4.79 Å². The highest BCUT2D eigenvalue weighted by Crippen LogP contribution is 2.34. The average Bonchev–Trinajstić information content (AvgIpc) is 3.62. The third-order valence-corrected chi connectivity index (χ3v) is 5.93. The normalized spacial score (nSPS) is 11.6. The Kier molecular flexibility index (Phi) is 5.06. The molecule has 0 bridgehead atoms. The second-order valence-corrected chi connectivity index (χ2v) is 8.71. The molecule has 0 saturated carbocycles. The third-order valence-electron chi connectivity index (χ3n) is 5.93. The van der Waals surface area contributed by atoms with Gasteiger partial charge in [-0.05, 0) is 24.3 Å².